The predicted molar refractivity (Wildman–Crippen MR) is 112 cm³/mol. The molecule has 0 aliphatic heterocycles. The zero-order valence-corrected chi connectivity index (χ0v) is 15.6. The summed E-state index contributed by atoms with van der Waals surface area (Å²) in [5.41, 5.74) is 3.72. The van der Waals surface area contributed by atoms with E-state index in [-0.39, 0.29) is 5.91 Å². The highest BCUT2D eigenvalue weighted by atomic mass is 16.2. The lowest BCUT2D eigenvalue weighted by molar-refractivity contribution is 0.0948. The minimum atomic E-state index is -0.257. The maximum absolute atomic E-state index is 13.1. The van der Waals surface area contributed by atoms with E-state index < -0.39 is 0 Å². The average Bonchev–Trinajstić information content (AvgIpc) is 3.23. The third-order valence-corrected chi connectivity index (χ3v) is 4.55. The van der Waals surface area contributed by atoms with Gasteiger partial charge in [-0.05, 0) is 29.8 Å². The highest BCUT2D eigenvalue weighted by molar-refractivity contribution is 5.97. The molecule has 0 radical (unpaired) electrons. The molecule has 4 rings (SSSR count). The second-order valence-corrected chi connectivity index (χ2v) is 6.53. The molecule has 1 heterocycles. The van der Waals surface area contributed by atoms with Crippen molar-refractivity contribution in [2.24, 2.45) is 0 Å². The van der Waals surface area contributed by atoms with Crippen molar-refractivity contribution in [2.45, 2.75) is 6.54 Å². The van der Waals surface area contributed by atoms with Crippen molar-refractivity contribution in [3.8, 4) is 17.3 Å². The van der Waals surface area contributed by atoms with Crippen LogP contribution < -0.4 is 5.32 Å². The van der Waals surface area contributed by atoms with E-state index in [1.165, 1.54) is 4.68 Å². The molecule has 5 heteroatoms. The molecular formula is C24H18N4O. The van der Waals surface area contributed by atoms with Gasteiger partial charge in [0.2, 0.25) is 0 Å². The molecule has 5 nitrogen and oxygen atoms in total. The Labute approximate surface area is 168 Å². The van der Waals surface area contributed by atoms with E-state index in [1.54, 1.807) is 24.3 Å². The summed E-state index contributed by atoms with van der Waals surface area (Å²) in [6.45, 7) is 0.571. The van der Waals surface area contributed by atoms with Gasteiger partial charge in [0.15, 0.2) is 0 Å². The zero-order valence-electron chi connectivity index (χ0n) is 15.6. The monoisotopic (exact) mass is 378 g/mol. The summed E-state index contributed by atoms with van der Waals surface area (Å²) >= 11 is 0. The number of nitrogens with one attached hydrogen (secondary N) is 1. The van der Waals surface area contributed by atoms with Crippen LogP contribution in [0.1, 0.15) is 21.5 Å². The number of aromatic nitrogens is 2. The maximum Gasteiger partial charge on any atom is 0.280 e. The topological polar surface area (TPSA) is 70.7 Å². The predicted octanol–water partition coefficient (Wildman–Crippen LogP) is 4.72. The third-order valence-electron chi connectivity index (χ3n) is 4.55. The number of hydrogen-bond donors (Lipinski definition) is 1. The van der Waals surface area contributed by atoms with Gasteiger partial charge in [-0.1, -0.05) is 60.7 Å². The number of hydrogen-bond acceptors (Lipinski definition) is 4. The lowest BCUT2D eigenvalue weighted by atomic mass is 10.1. The first-order valence-electron chi connectivity index (χ1n) is 9.23. The molecule has 0 aliphatic carbocycles. The summed E-state index contributed by atoms with van der Waals surface area (Å²) in [6, 6.07) is 30.2. The first-order chi connectivity index (χ1) is 14.2. The summed E-state index contributed by atoms with van der Waals surface area (Å²) in [5, 5.41) is 16.8. The molecule has 0 spiro atoms. The normalized spacial score (nSPS) is 10.3. The SMILES string of the molecule is N#Cc1ccc(C(=O)n2nc(-c3ccccc3)cc2NCc2ccccc2)cc1. The van der Waals surface area contributed by atoms with E-state index in [1.807, 2.05) is 66.7 Å². The minimum absolute atomic E-state index is 0.257. The number of benzene rings is 3. The summed E-state index contributed by atoms with van der Waals surface area (Å²) in [6.07, 6.45) is 0. The van der Waals surface area contributed by atoms with Gasteiger partial charge in [0.25, 0.3) is 5.91 Å². The van der Waals surface area contributed by atoms with Gasteiger partial charge in [-0.2, -0.15) is 15.0 Å². The fourth-order valence-electron chi connectivity index (χ4n) is 3.01. The van der Waals surface area contributed by atoms with Gasteiger partial charge in [0.05, 0.1) is 17.3 Å². The van der Waals surface area contributed by atoms with Crippen molar-refractivity contribution >= 4 is 11.7 Å². The van der Waals surface area contributed by atoms with Gasteiger partial charge >= 0.3 is 0 Å². The summed E-state index contributed by atoms with van der Waals surface area (Å²) in [4.78, 5) is 13.1. The molecule has 1 aromatic heterocycles. The van der Waals surface area contributed by atoms with Crippen molar-refractivity contribution in [2.75, 3.05) is 5.32 Å². The Balaban J connectivity index is 1.68. The maximum atomic E-state index is 13.1. The van der Waals surface area contributed by atoms with Crippen LogP contribution in [-0.2, 0) is 6.54 Å². The second-order valence-electron chi connectivity index (χ2n) is 6.53. The van der Waals surface area contributed by atoms with Crippen LogP contribution in [0.5, 0.6) is 0 Å². The molecule has 0 atom stereocenters. The van der Waals surface area contributed by atoms with E-state index in [0.717, 1.165) is 11.1 Å². The van der Waals surface area contributed by atoms with Gasteiger partial charge in [0.1, 0.15) is 5.82 Å². The molecule has 1 N–H and O–H groups in total. The summed E-state index contributed by atoms with van der Waals surface area (Å²) < 4.78 is 1.38. The third kappa shape index (κ3) is 4.07. The number of carbonyl (C=O) groups is 1. The van der Waals surface area contributed by atoms with Crippen molar-refractivity contribution < 1.29 is 4.79 Å². The van der Waals surface area contributed by atoms with Crippen LogP contribution in [0, 0.1) is 11.3 Å². The molecule has 0 bridgehead atoms. The Bertz CT molecular complexity index is 1160. The molecular weight excluding hydrogens is 360 g/mol. The van der Waals surface area contributed by atoms with Gasteiger partial charge in [-0.25, -0.2) is 0 Å². The lowest BCUT2D eigenvalue weighted by Crippen LogP contribution is -2.17. The molecule has 0 saturated carbocycles. The van der Waals surface area contributed by atoms with E-state index >= 15 is 0 Å². The molecule has 0 amide bonds. The largest absolute Gasteiger partial charge is 0.366 e. The molecule has 0 fully saturated rings. The summed E-state index contributed by atoms with van der Waals surface area (Å²) in [7, 11) is 0. The van der Waals surface area contributed by atoms with Gasteiger partial charge in [-0.3, -0.25) is 4.79 Å². The van der Waals surface area contributed by atoms with Crippen molar-refractivity contribution in [1.29, 1.82) is 5.26 Å². The van der Waals surface area contributed by atoms with Crippen LogP contribution in [0.25, 0.3) is 11.3 Å². The van der Waals surface area contributed by atoms with E-state index in [9.17, 15) is 4.79 Å². The lowest BCUT2D eigenvalue weighted by Gasteiger charge is -2.09. The van der Waals surface area contributed by atoms with Crippen LogP contribution in [0.15, 0.2) is 91.0 Å². The van der Waals surface area contributed by atoms with Crippen molar-refractivity contribution in [3.63, 3.8) is 0 Å². The van der Waals surface area contributed by atoms with Gasteiger partial charge in [0, 0.05) is 23.7 Å². The molecule has 29 heavy (non-hydrogen) atoms. The van der Waals surface area contributed by atoms with E-state index in [0.29, 0.717) is 29.2 Å². The van der Waals surface area contributed by atoms with Crippen LogP contribution in [0.4, 0.5) is 5.82 Å². The number of nitriles is 1. The fourth-order valence-corrected chi connectivity index (χ4v) is 3.01. The van der Waals surface area contributed by atoms with Crippen LogP contribution in [-0.4, -0.2) is 15.7 Å². The van der Waals surface area contributed by atoms with Crippen LogP contribution >= 0.6 is 0 Å². The Morgan fingerprint density at radius 1 is 0.931 bits per heavy atom. The summed E-state index contributed by atoms with van der Waals surface area (Å²) in [5.74, 6) is 0.356. The zero-order chi connectivity index (χ0) is 20.1. The molecule has 0 aliphatic rings. The van der Waals surface area contributed by atoms with Gasteiger partial charge in [-0.15, -0.1) is 0 Å². The second kappa shape index (κ2) is 8.24. The Kier molecular flexibility index (Phi) is 5.17. The van der Waals surface area contributed by atoms with Crippen molar-refractivity contribution in [3.05, 3.63) is 108 Å². The number of nitrogens with zero attached hydrogens (tertiary/aromatic N) is 3. The quantitative estimate of drug-likeness (QED) is 0.545. The first-order valence-corrected chi connectivity index (χ1v) is 9.23. The average molecular weight is 378 g/mol. The number of carbonyl (C=O) groups excluding carboxylic acids is 1. The van der Waals surface area contributed by atoms with E-state index in [2.05, 4.69) is 16.5 Å². The minimum Gasteiger partial charge on any atom is -0.366 e. The molecule has 3 aromatic carbocycles. The molecule has 4 aromatic rings. The highest BCUT2D eigenvalue weighted by Gasteiger charge is 2.17. The Morgan fingerprint density at radius 2 is 1.59 bits per heavy atom. The Hall–Kier alpha value is -4.17. The molecule has 0 saturated heterocycles. The Morgan fingerprint density at radius 3 is 2.24 bits per heavy atom. The molecule has 0 unspecified atom stereocenters. The highest BCUT2D eigenvalue weighted by Crippen LogP contribution is 2.23. The fraction of sp³-hybridized carbons (Fsp3) is 0.0417. The number of anilines is 1. The van der Waals surface area contributed by atoms with Crippen LogP contribution in [0.2, 0.25) is 0 Å². The standard InChI is InChI=1S/C24H18N4O/c25-16-18-11-13-21(14-12-18)24(29)28-23(26-17-19-7-3-1-4-8-19)15-22(27-28)20-9-5-2-6-10-20/h1-15,26H,17H2. The smallest absolute Gasteiger partial charge is 0.280 e. The number of rotatable bonds is 5. The first kappa shape index (κ1) is 18.2. The van der Waals surface area contributed by atoms with Crippen molar-refractivity contribution in [1.82, 2.24) is 9.78 Å². The van der Waals surface area contributed by atoms with Gasteiger partial charge < -0.3 is 5.32 Å². The molecule has 140 valence electrons. The van der Waals surface area contributed by atoms with E-state index in [4.69, 9.17) is 5.26 Å². The van der Waals surface area contributed by atoms with Crippen LogP contribution in [0.3, 0.4) is 0 Å².